The first-order valence-electron chi connectivity index (χ1n) is 5.77. The van der Waals surface area contributed by atoms with E-state index in [4.69, 9.17) is 21.1 Å². The molecule has 1 aromatic carbocycles. The Morgan fingerprint density at radius 3 is 2.83 bits per heavy atom. The van der Waals surface area contributed by atoms with Crippen molar-refractivity contribution >= 4 is 33.6 Å². The van der Waals surface area contributed by atoms with Gasteiger partial charge in [-0.05, 0) is 22.0 Å². The van der Waals surface area contributed by atoms with Crippen molar-refractivity contribution in [1.29, 1.82) is 0 Å². The van der Waals surface area contributed by atoms with Gasteiger partial charge in [-0.1, -0.05) is 11.6 Å². The summed E-state index contributed by atoms with van der Waals surface area (Å²) in [6.07, 6.45) is 0. The predicted molar refractivity (Wildman–Crippen MR) is 73.3 cm³/mol. The molecule has 0 aromatic heterocycles. The molecule has 2 aliphatic heterocycles. The maximum Gasteiger partial charge on any atom is 0.293 e. The molecule has 0 aliphatic carbocycles. The molecule has 0 radical (unpaired) electrons. The third kappa shape index (κ3) is 2.35. The zero-order valence-electron chi connectivity index (χ0n) is 9.66. The maximum atomic E-state index is 6.08. The van der Waals surface area contributed by atoms with E-state index >= 15 is 0 Å². The molecule has 1 saturated heterocycles. The van der Waals surface area contributed by atoms with Gasteiger partial charge in [0.2, 0.25) is 0 Å². The third-order valence-corrected chi connectivity index (χ3v) is 4.17. The lowest BCUT2D eigenvalue weighted by molar-refractivity contribution is 0.0609. The lowest BCUT2D eigenvalue weighted by Gasteiger charge is -2.31. The van der Waals surface area contributed by atoms with Gasteiger partial charge >= 0.3 is 0 Å². The molecule has 3 rings (SSSR count). The minimum atomic E-state index is 0.623. The summed E-state index contributed by atoms with van der Waals surface area (Å²) in [7, 11) is 0. The zero-order chi connectivity index (χ0) is 12.5. The van der Waals surface area contributed by atoms with Crippen LogP contribution in [0.25, 0.3) is 0 Å². The molecule has 2 aliphatic rings. The second-order valence-corrected chi connectivity index (χ2v) is 5.44. The second-order valence-electron chi connectivity index (χ2n) is 4.17. The molecule has 2 heterocycles. The van der Waals surface area contributed by atoms with E-state index in [0.717, 1.165) is 42.1 Å². The van der Waals surface area contributed by atoms with Crippen LogP contribution in [-0.4, -0.2) is 37.2 Å². The van der Waals surface area contributed by atoms with Crippen molar-refractivity contribution in [3.63, 3.8) is 0 Å². The number of amidine groups is 1. The van der Waals surface area contributed by atoms with Crippen LogP contribution >= 0.6 is 27.5 Å². The molecule has 18 heavy (non-hydrogen) atoms. The van der Waals surface area contributed by atoms with Gasteiger partial charge in [0.1, 0.15) is 5.75 Å². The monoisotopic (exact) mass is 330 g/mol. The molecular weight excluding hydrogens is 320 g/mol. The number of aliphatic imine (C=N–C) groups is 1. The van der Waals surface area contributed by atoms with Crippen LogP contribution in [0.5, 0.6) is 5.75 Å². The molecule has 0 atom stereocenters. The van der Waals surface area contributed by atoms with E-state index < -0.39 is 0 Å². The molecule has 0 bridgehead atoms. The van der Waals surface area contributed by atoms with Crippen LogP contribution < -0.4 is 4.74 Å². The summed E-state index contributed by atoms with van der Waals surface area (Å²) < 4.78 is 12.0. The molecule has 1 fully saturated rings. The number of halogens is 2. The summed E-state index contributed by atoms with van der Waals surface area (Å²) in [6.45, 7) is 3.70. The average molecular weight is 332 g/mol. The van der Waals surface area contributed by atoms with Crippen molar-refractivity contribution in [2.24, 2.45) is 4.99 Å². The number of fused-ring (bicyclic) bond motifs is 1. The molecule has 4 nitrogen and oxygen atoms in total. The van der Waals surface area contributed by atoms with Crippen LogP contribution in [0.3, 0.4) is 0 Å². The largest absolute Gasteiger partial charge is 0.426 e. The molecule has 0 unspecified atom stereocenters. The van der Waals surface area contributed by atoms with Crippen LogP contribution in [0.2, 0.25) is 5.02 Å². The molecule has 1 aromatic rings. The van der Waals surface area contributed by atoms with Crippen molar-refractivity contribution in [3.8, 4) is 5.75 Å². The Morgan fingerprint density at radius 2 is 2.06 bits per heavy atom. The summed E-state index contributed by atoms with van der Waals surface area (Å²) in [5, 5.41) is 0.650. The molecule has 6 heteroatoms. The number of morpholine rings is 1. The highest BCUT2D eigenvalue weighted by Gasteiger charge is 2.22. The van der Waals surface area contributed by atoms with Crippen molar-refractivity contribution in [2.45, 2.75) is 6.54 Å². The van der Waals surface area contributed by atoms with E-state index in [-0.39, 0.29) is 0 Å². The van der Waals surface area contributed by atoms with E-state index in [1.807, 2.05) is 12.1 Å². The number of nitrogens with zero attached hydrogens (tertiary/aromatic N) is 2. The van der Waals surface area contributed by atoms with Gasteiger partial charge in [-0.15, -0.1) is 0 Å². The standard InChI is InChI=1S/C12H12BrClN2O2/c13-9-5-8-7-15-12(16-1-3-17-4-2-16)18-11(8)6-10(9)14/h5-6H,1-4,7H2. The summed E-state index contributed by atoms with van der Waals surface area (Å²) >= 11 is 9.48. The van der Waals surface area contributed by atoms with E-state index in [9.17, 15) is 0 Å². The van der Waals surface area contributed by atoms with E-state index in [1.165, 1.54) is 0 Å². The highest BCUT2D eigenvalue weighted by molar-refractivity contribution is 9.10. The minimum absolute atomic E-state index is 0.623. The Labute approximate surface area is 119 Å². The Balaban J connectivity index is 1.82. The quantitative estimate of drug-likeness (QED) is 0.733. The highest BCUT2D eigenvalue weighted by atomic mass is 79.9. The fourth-order valence-electron chi connectivity index (χ4n) is 1.99. The van der Waals surface area contributed by atoms with E-state index in [0.29, 0.717) is 17.6 Å². The Morgan fingerprint density at radius 1 is 1.28 bits per heavy atom. The summed E-state index contributed by atoms with van der Waals surface area (Å²) in [4.78, 5) is 6.57. The third-order valence-electron chi connectivity index (χ3n) is 2.97. The lowest BCUT2D eigenvalue weighted by atomic mass is 10.2. The fraction of sp³-hybridized carbons (Fsp3) is 0.417. The first-order chi connectivity index (χ1) is 8.74. The Hall–Kier alpha value is -0.780. The number of hydrogen-bond donors (Lipinski definition) is 0. The van der Waals surface area contributed by atoms with Crippen molar-refractivity contribution in [1.82, 2.24) is 4.90 Å². The van der Waals surface area contributed by atoms with Gasteiger partial charge < -0.3 is 14.4 Å². The summed E-state index contributed by atoms with van der Waals surface area (Å²) in [5.74, 6) is 0.791. The molecular formula is C12H12BrClN2O2. The molecule has 0 amide bonds. The van der Waals surface area contributed by atoms with Gasteiger partial charge in [0.05, 0.1) is 24.8 Å². The normalized spacial score (nSPS) is 19.0. The van der Waals surface area contributed by atoms with Crippen LogP contribution in [-0.2, 0) is 11.3 Å². The van der Waals surface area contributed by atoms with Crippen molar-refractivity contribution < 1.29 is 9.47 Å². The Bertz CT molecular complexity index is 501. The van der Waals surface area contributed by atoms with Gasteiger partial charge in [0.25, 0.3) is 6.02 Å². The van der Waals surface area contributed by atoms with Crippen molar-refractivity contribution in [2.75, 3.05) is 26.3 Å². The highest BCUT2D eigenvalue weighted by Crippen LogP contribution is 2.33. The number of benzene rings is 1. The van der Waals surface area contributed by atoms with Gasteiger partial charge in [-0.3, -0.25) is 0 Å². The number of hydrogen-bond acceptors (Lipinski definition) is 4. The summed E-state index contributed by atoms with van der Waals surface area (Å²) in [6, 6.07) is 4.46. The SMILES string of the molecule is Clc1cc2c(cc1Br)CN=C(N1CCOCC1)O2. The molecule has 0 spiro atoms. The zero-order valence-corrected chi connectivity index (χ0v) is 12.0. The van der Waals surface area contributed by atoms with E-state index in [1.54, 1.807) is 0 Å². The second kappa shape index (κ2) is 5.07. The average Bonchev–Trinajstić information content (AvgIpc) is 2.41. The topological polar surface area (TPSA) is 34.1 Å². The van der Waals surface area contributed by atoms with Crippen LogP contribution in [0.15, 0.2) is 21.6 Å². The van der Waals surface area contributed by atoms with Crippen LogP contribution in [0.4, 0.5) is 0 Å². The lowest BCUT2D eigenvalue weighted by Crippen LogP contribution is -2.44. The minimum Gasteiger partial charge on any atom is -0.426 e. The summed E-state index contributed by atoms with van der Waals surface area (Å²) in [5.41, 5.74) is 1.04. The predicted octanol–water partition coefficient (Wildman–Crippen LogP) is 2.68. The molecule has 0 saturated carbocycles. The smallest absolute Gasteiger partial charge is 0.293 e. The number of ether oxygens (including phenoxy) is 2. The van der Waals surface area contributed by atoms with Crippen LogP contribution in [0, 0.1) is 0 Å². The van der Waals surface area contributed by atoms with Gasteiger partial charge in [-0.25, -0.2) is 4.99 Å². The molecule has 96 valence electrons. The van der Waals surface area contributed by atoms with E-state index in [2.05, 4.69) is 25.8 Å². The fourth-order valence-corrected chi connectivity index (χ4v) is 2.54. The Kier molecular flexibility index (Phi) is 3.46. The molecule has 0 N–H and O–H groups in total. The maximum absolute atomic E-state index is 6.08. The first-order valence-corrected chi connectivity index (χ1v) is 6.94. The number of rotatable bonds is 0. The first kappa shape index (κ1) is 12.3. The van der Waals surface area contributed by atoms with Gasteiger partial charge in [0.15, 0.2) is 0 Å². The van der Waals surface area contributed by atoms with Gasteiger partial charge in [-0.2, -0.15) is 0 Å². The van der Waals surface area contributed by atoms with Crippen LogP contribution in [0.1, 0.15) is 5.56 Å². The van der Waals surface area contributed by atoms with Gasteiger partial charge in [0, 0.05) is 29.2 Å². The van der Waals surface area contributed by atoms with Crippen molar-refractivity contribution in [3.05, 3.63) is 27.2 Å².